The van der Waals surface area contributed by atoms with E-state index in [9.17, 15) is 24.5 Å². The predicted octanol–water partition coefficient (Wildman–Crippen LogP) is 6.21. The van der Waals surface area contributed by atoms with Crippen molar-refractivity contribution >= 4 is 56.5 Å². The van der Waals surface area contributed by atoms with E-state index in [0.717, 1.165) is 15.7 Å². The van der Waals surface area contributed by atoms with Crippen molar-refractivity contribution in [3.05, 3.63) is 140 Å². The first-order valence-electron chi connectivity index (χ1n) is 13.4. The third kappa shape index (κ3) is 3.63. The van der Waals surface area contributed by atoms with E-state index in [1.54, 1.807) is 36.4 Å². The van der Waals surface area contributed by atoms with Gasteiger partial charge < -0.3 is 10.2 Å². The van der Waals surface area contributed by atoms with E-state index < -0.39 is 40.0 Å². The van der Waals surface area contributed by atoms with E-state index in [-0.39, 0.29) is 17.0 Å². The molecule has 1 amide bonds. The Balaban J connectivity index is 1.53. The van der Waals surface area contributed by atoms with Crippen LogP contribution in [0.2, 0.25) is 0 Å². The summed E-state index contributed by atoms with van der Waals surface area (Å²) < 4.78 is 0.791. The number of Topliss-reactive ketones (excluding diaryl/α,β-unsaturated/α-hetero) is 2. The van der Waals surface area contributed by atoms with Gasteiger partial charge in [-0.3, -0.25) is 24.5 Å². The first kappa shape index (κ1) is 26.0. The molecule has 0 bridgehead atoms. The lowest BCUT2D eigenvalue weighted by Crippen LogP contribution is -2.51. The highest BCUT2D eigenvalue weighted by molar-refractivity contribution is 9.10. The van der Waals surface area contributed by atoms with Gasteiger partial charge >= 0.3 is 0 Å². The summed E-state index contributed by atoms with van der Waals surface area (Å²) >= 11 is 3.42. The number of nitro benzene ring substituents is 1. The molecule has 0 aromatic heterocycles. The summed E-state index contributed by atoms with van der Waals surface area (Å²) in [6, 6.07) is 25.4. The van der Waals surface area contributed by atoms with Gasteiger partial charge in [-0.1, -0.05) is 88.7 Å². The van der Waals surface area contributed by atoms with E-state index in [1.165, 1.54) is 24.3 Å². The third-order valence-electron chi connectivity index (χ3n) is 8.56. The van der Waals surface area contributed by atoms with Crippen LogP contribution in [-0.4, -0.2) is 34.5 Å². The van der Waals surface area contributed by atoms with Crippen molar-refractivity contribution in [1.29, 1.82) is 0 Å². The predicted molar refractivity (Wildman–Crippen MR) is 162 cm³/mol. The van der Waals surface area contributed by atoms with Crippen LogP contribution in [0, 0.1) is 16.0 Å². The van der Waals surface area contributed by atoms with Gasteiger partial charge in [-0.05, 0) is 35.4 Å². The molecular formula is C33H22BrN3O5. The molecule has 42 heavy (non-hydrogen) atoms. The number of non-ortho nitro benzene ring substituents is 1. The van der Waals surface area contributed by atoms with Crippen LogP contribution in [-0.2, 0) is 10.2 Å². The number of para-hydroxylation sites is 2. The zero-order valence-electron chi connectivity index (χ0n) is 21.9. The van der Waals surface area contributed by atoms with Crippen molar-refractivity contribution in [3.63, 3.8) is 0 Å². The molecule has 3 heterocycles. The van der Waals surface area contributed by atoms with Crippen molar-refractivity contribution in [2.75, 3.05) is 10.2 Å². The zero-order chi connectivity index (χ0) is 29.2. The molecule has 1 fully saturated rings. The number of carbonyl (C=O) groups excluding carboxylic acids is 3. The maximum atomic E-state index is 14.8. The Morgan fingerprint density at radius 2 is 1.62 bits per heavy atom. The number of nitrogens with zero attached hydrogens (tertiary/aromatic N) is 2. The number of ketones is 2. The molecule has 4 atom stereocenters. The fourth-order valence-electron chi connectivity index (χ4n) is 6.86. The van der Waals surface area contributed by atoms with Crippen LogP contribution in [0.3, 0.4) is 0 Å². The number of nitrogens with one attached hydrogen (secondary N) is 1. The van der Waals surface area contributed by atoms with E-state index in [0.29, 0.717) is 16.8 Å². The van der Waals surface area contributed by atoms with E-state index >= 15 is 0 Å². The maximum Gasteiger partial charge on any atom is 0.270 e. The van der Waals surface area contributed by atoms with Crippen LogP contribution in [0.5, 0.6) is 0 Å². The number of amides is 1. The van der Waals surface area contributed by atoms with Crippen LogP contribution >= 0.6 is 15.9 Å². The number of fused-ring (bicyclic) bond motifs is 6. The smallest absolute Gasteiger partial charge is 0.270 e. The molecule has 8 nitrogen and oxygen atoms in total. The standard InChI is InChI=1S/C33H22BrN3O5/c34-22-15-12-20(13-16-22)31(39)29-28(30(38)21-7-5-8-23(18-21)37(41)42)33(24-9-2-3-10-25(24)35-32(33)40)27-17-14-19-6-1-4-11-26(19)36(27)29/h1-18,27-29H,(H,35,40)/t27-,28+,29-,33-/m1/s1. The van der Waals surface area contributed by atoms with Gasteiger partial charge in [-0.25, -0.2) is 0 Å². The SMILES string of the molecule is O=C(c1cccc([N+](=O)[O-])c1)[C@@H]1[C@H](C(=O)c2ccc(Br)cc2)N2c3ccccc3C=C[C@@H]2[C@@]12C(=O)Nc1ccccc12. The molecular weight excluding hydrogens is 598 g/mol. The summed E-state index contributed by atoms with van der Waals surface area (Å²) in [5.41, 5.74) is 1.48. The first-order chi connectivity index (χ1) is 20.3. The molecule has 1 saturated heterocycles. The fourth-order valence-corrected chi connectivity index (χ4v) is 7.12. The van der Waals surface area contributed by atoms with Gasteiger partial charge in [0.1, 0.15) is 11.5 Å². The van der Waals surface area contributed by atoms with Crippen LogP contribution in [0.1, 0.15) is 31.8 Å². The van der Waals surface area contributed by atoms with Gasteiger partial charge in [0.05, 0.1) is 16.9 Å². The minimum atomic E-state index is -1.49. The highest BCUT2D eigenvalue weighted by Gasteiger charge is 2.70. The molecule has 0 saturated carbocycles. The second-order valence-corrected chi connectivity index (χ2v) is 11.5. The second kappa shape index (κ2) is 9.60. The highest BCUT2D eigenvalue weighted by atomic mass is 79.9. The molecule has 206 valence electrons. The number of hydrogen-bond donors (Lipinski definition) is 1. The largest absolute Gasteiger partial charge is 0.352 e. The zero-order valence-corrected chi connectivity index (χ0v) is 23.5. The van der Waals surface area contributed by atoms with Gasteiger partial charge in [0.15, 0.2) is 11.6 Å². The molecule has 1 N–H and O–H groups in total. The van der Waals surface area contributed by atoms with E-state index in [1.807, 2.05) is 53.5 Å². The number of nitro groups is 1. The molecule has 3 aliphatic heterocycles. The number of benzene rings is 4. The summed E-state index contributed by atoms with van der Waals surface area (Å²) in [4.78, 5) is 56.7. The van der Waals surface area contributed by atoms with Crippen molar-refractivity contribution in [3.8, 4) is 0 Å². The summed E-state index contributed by atoms with van der Waals surface area (Å²) in [6.07, 6.45) is 3.82. The molecule has 7 rings (SSSR count). The summed E-state index contributed by atoms with van der Waals surface area (Å²) in [5.74, 6) is -2.44. The first-order valence-corrected chi connectivity index (χ1v) is 14.2. The Morgan fingerprint density at radius 3 is 2.40 bits per heavy atom. The molecule has 1 spiro atoms. The summed E-state index contributed by atoms with van der Waals surface area (Å²) in [5, 5.41) is 14.6. The Kier molecular flexibility index (Phi) is 5.95. The minimum Gasteiger partial charge on any atom is -0.352 e. The minimum absolute atomic E-state index is 0.0662. The molecule has 0 unspecified atom stereocenters. The summed E-state index contributed by atoms with van der Waals surface area (Å²) in [7, 11) is 0. The molecule has 0 aliphatic carbocycles. The lowest BCUT2D eigenvalue weighted by molar-refractivity contribution is -0.384. The van der Waals surface area contributed by atoms with E-state index in [2.05, 4.69) is 21.2 Å². The molecule has 3 aliphatic rings. The molecule has 9 heteroatoms. The van der Waals surface area contributed by atoms with Gasteiger partial charge in [0.2, 0.25) is 5.91 Å². The molecule has 4 aromatic carbocycles. The van der Waals surface area contributed by atoms with Crippen molar-refractivity contribution in [2.45, 2.75) is 17.5 Å². The van der Waals surface area contributed by atoms with Crippen LogP contribution < -0.4 is 10.2 Å². The highest BCUT2D eigenvalue weighted by Crippen LogP contribution is 2.58. The second-order valence-electron chi connectivity index (χ2n) is 10.6. The normalized spacial score (nSPS) is 23.2. The third-order valence-corrected chi connectivity index (χ3v) is 9.09. The van der Waals surface area contributed by atoms with Gasteiger partial charge in [0, 0.05) is 39.1 Å². The Hall–Kier alpha value is -4.89. The quantitative estimate of drug-likeness (QED) is 0.161. The Labute approximate surface area is 248 Å². The average Bonchev–Trinajstić information content (AvgIpc) is 3.49. The average molecular weight is 620 g/mol. The number of rotatable bonds is 5. The van der Waals surface area contributed by atoms with Crippen molar-refractivity contribution in [2.24, 2.45) is 5.92 Å². The Morgan fingerprint density at radius 1 is 0.881 bits per heavy atom. The number of carbonyl (C=O) groups is 3. The Bertz CT molecular complexity index is 1850. The lowest BCUT2D eigenvalue weighted by atomic mass is 9.64. The topological polar surface area (TPSA) is 110 Å². The fraction of sp³-hybridized carbons (Fsp3) is 0.121. The number of halogens is 1. The maximum absolute atomic E-state index is 14.8. The summed E-state index contributed by atoms with van der Waals surface area (Å²) in [6.45, 7) is 0. The van der Waals surface area contributed by atoms with Crippen molar-refractivity contribution < 1.29 is 19.3 Å². The van der Waals surface area contributed by atoms with E-state index in [4.69, 9.17) is 0 Å². The van der Waals surface area contributed by atoms with Gasteiger partial charge in [-0.2, -0.15) is 0 Å². The van der Waals surface area contributed by atoms with Crippen molar-refractivity contribution in [1.82, 2.24) is 0 Å². The van der Waals surface area contributed by atoms with Gasteiger partial charge in [0.25, 0.3) is 5.69 Å². The number of anilines is 2. The monoisotopic (exact) mass is 619 g/mol. The molecule has 0 radical (unpaired) electrons. The lowest BCUT2D eigenvalue weighted by Gasteiger charge is -2.37. The van der Waals surface area contributed by atoms with Crippen LogP contribution in [0.4, 0.5) is 17.1 Å². The van der Waals surface area contributed by atoms with Crippen LogP contribution in [0.25, 0.3) is 6.08 Å². The number of hydrogen-bond acceptors (Lipinski definition) is 6. The van der Waals surface area contributed by atoms with Gasteiger partial charge in [-0.15, -0.1) is 0 Å². The molecule has 4 aromatic rings. The van der Waals surface area contributed by atoms with Crippen LogP contribution in [0.15, 0.2) is 108 Å².